The van der Waals surface area contributed by atoms with Crippen LogP contribution in [0.5, 0.6) is 0 Å². The van der Waals surface area contributed by atoms with Crippen molar-refractivity contribution in [1.82, 2.24) is 0 Å². The number of hydrogen-bond acceptors (Lipinski definition) is 1. The lowest BCUT2D eigenvalue weighted by Gasteiger charge is -1.78. The quantitative estimate of drug-likeness (QED) is 0.606. The Kier molecular flexibility index (Phi) is 30.6. The van der Waals surface area contributed by atoms with Gasteiger partial charge >= 0.3 is 0 Å². The highest BCUT2D eigenvalue weighted by Crippen LogP contribution is 1.83. The average molecular weight is 198 g/mol. The molecule has 0 aliphatic carbocycles. The third-order valence-corrected chi connectivity index (χ3v) is 1.18. The van der Waals surface area contributed by atoms with Crippen molar-refractivity contribution in [2.24, 2.45) is 0 Å². The van der Waals surface area contributed by atoms with Crippen LogP contribution in [0.15, 0.2) is 24.8 Å². The van der Waals surface area contributed by atoms with E-state index in [0.717, 1.165) is 0 Å². The van der Waals surface area contributed by atoms with Gasteiger partial charge in [0.2, 0.25) is 0 Å². The molecule has 0 bridgehead atoms. The summed E-state index contributed by atoms with van der Waals surface area (Å²) in [6.07, 6.45) is 8.37. The van der Waals surface area contributed by atoms with Gasteiger partial charge in [0.05, 0.1) is 0 Å². The molecule has 84 valence electrons. The van der Waals surface area contributed by atoms with Crippen LogP contribution >= 0.6 is 0 Å². The molecule has 0 rings (SSSR count). The molecule has 0 atom stereocenters. The van der Waals surface area contributed by atoms with Crippen molar-refractivity contribution in [2.45, 2.75) is 53.9 Å². The number of Topliss-reactive ketones (excluding diaryl/α,β-unsaturated/α-hetero) is 1. The smallest absolute Gasteiger partial charge is 0.133 e. The maximum atomic E-state index is 10.2. The Morgan fingerprint density at radius 3 is 1.86 bits per heavy atom. The van der Waals surface area contributed by atoms with Crippen molar-refractivity contribution in [3.63, 3.8) is 0 Å². The lowest BCUT2D eigenvalue weighted by molar-refractivity contribution is -0.116. The Bertz CT molecular complexity index is 132. The molecular formula is C13H26O. The topological polar surface area (TPSA) is 17.1 Å². The van der Waals surface area contributed by atoms with Gasteiger partial charge in [-0.3, -0.25) is 4.79 Å². The number of allylic oxidation sites excluding steroid dienone is 3. The lowest BCUT2D eigenvalue weighted by Crippen LogP contribution is -1.82. The first-order valence-corrected chi connectivity index (χ1v) is 5.46. The fourth-order valence-corrected chi connectivity index (χ4v) is 0.330. The Labute approximate surface area is 89.9 Å². The molecule has 14 heavy (non-hydrogen) atoms. The van der Waals surface area contributed by atoms with E-state index in [4.69, 9.17) is 0 Å². The third kappa shape index (κ3) is 43.3. The highest BCUT2D eigenvalue weighted by molar-refractivity contribution is 5.76. The van der Waals surface area contributed by atoms with Gasteiger partial charge in [0.25, 0.3) is 0 Å². The molecule has 0 amide bonds. The molecule has 0 heterocycles. The van der Waals surface area contributed by atoms with Gasteiger partial charge in [-0.05, 0) is 6.92 Å². The first kappa shape index (κ1) is 18.8. The molecule has 0 N–H and O–H groups in total. The summed E-state index contributed by atoms with van der Waals surface area (Å²) in [7, 11) is 0. The molecule has 0 aromatic heterocycles. The lowest BCUT2D eigenvalue weighted by atomic mass is 10.3. The summed E-state index contributed by atoms with van der Waals surface area (Å²) in [5.74, 6) is 0.183. The summed E-state index contributed by atoms with van der Waals surface area (Å²) >= 11 is 0. The average Bonchev–Trinajstić information content (AvgIpc) is 2.21. The molecule has 0 aliphatic rings. The molecule has 0 saturated heterocycles. The van der Waals surface area contributed by atoms with Crippen molar-refractivity contribution in [1.29, 1.82) is 0 Å². The van der Waals surface area contributed by atoms with Crippen molar-refractivity contribution in [3.8, 4) is 0 Å². The van der Waals surface area contributed by atoms with Crippen LogP contribution in [0.25, 0.3) is 0 Å². The zero-order valence-electron chi connectivity index (χ0n) is 10.5. The molecule has 0 radical (unpaired) electrons. The van der Waals surface area contributed by atoms with Crippen LogP contribution in [-0.4, -0.2) is 5.78 Å². The van der Waals surface area contributed by atoms with Crippen LogP contribution in [0, 0.1) is 0 Å². The zero-order chi connectivity index (χ0) is 11.8. The predicted octanol–water partition coefficient (Wildman–Crippen LogP) is 4.54. The highest BCUT2D eigenvalue weighted by atomic mass is 16.1. The Balaban J connectivity index is -0.000000170. The van der Waals surface area contributed by atoms with Crippen LogP contribution in [0.1, 0.15) is 53.9 Å². The molecule has 0 unspecified atom stereocenters. The molecule has 0 fully saturated rings. The van der Waals surface area contributed by atoms with E-state index in [2.05, 4.69) is 20.4 Å². The minimum atomic E-state index is 0.183. The van der Waals surface area contributed by atoms with E-state index >= 15 is 0 Å². The summed E-state index contributed by atoms with van der Waals surface area (Å²) in [5.41, 5.74) is 0. The summed E-state index contributed by atoms with van der Waals surface area (Å²) in [4.78, 5) is 10.2. The minimum absolute atomic E-state index is 0.183. The summed E-state index contributed by atoms with van der Waals surface area (Å²) < 4.78 is 0. The minimum Gasteiger partial charge on any atom is -0.300 e. The van der Waals surface area contributed by atoms with Crippen molar-refractivity contribution in [3.05, 3.63) is 24.8 Å². The number of carbonyl (C=O) groups excluding carboxylic acids is 1. The van der Waals surface area contributed by atoms with Gasteiger partial charge in [-0.1, -0.05) is 65.3 Å². The summed E-state index contributed by atoms with van der Waals surface area (Å²) in [6.45, 7) is 13.4. The maximum absolute atomic E-state index is 10.2. The van der Waals surface area contributed by atoms with Gasteiger partial charge < -0.3 is 0 Å². The monoisotopic (exact) mass is 198 g/mol. The maximum Gasteiger partial charge on any atom is 0.133 e. The van der Waals surface area contributed by atoms with E-state index in [1.807, 2.05) is 13.8 Å². The van der Waals surface area contributed by atoms with E-state index in [-0.39, 0.29) is 5.78 Å². The second kappa shape index (κ2) is 22.7. The van der Waals surface area contributed by atoms with Gasteiger partial charge in [0.15, 0.2) is 0 Å². The van der Waals surface area contributed by atoms with Gasteiger partial charge in [-0.15, -0.1) is 0 Å². The van der Waals surface area contributed by atoms with Gasteiger partial charge in [-0.25, -0.2) is 0 Å². The molecule has 0 aromatic rings. The zero-order valence-corrected chi connectivity index (χ0v) is 10.5. The van der Waals surface area contributed by atoms with E-state index in [0.29, 0.717) is 6.42 Å². The van der Waals surface area contributed by atoms with Gasteiger partial charge in [0, 0.05) is 6.42 Å². The fourth-order valence-electron chi connectivity index (χ4n) is 0.330. The highest BCUT2D eigenvalue weighted by Gasteiger charge is 1.82. The van der Waals surface area contributed by atoms with E-state index < -0.39 is 0 Å². The Morgan fingerprint density at radius 1 is 1.21 bits per heavy atom. The first-order chi connectivity index (χ1) is 6.68. The normalized spacial score (nSPS) is 8.07. The summed E-state index contributed by atoms with van der Waals surface area (Å²) in [6, 6.07) is 0. The van der Waals surface area contributed by atoms with Crippen LogP contribution < -0.4 is 0 Å². The van der Waals surface area contributed by atoms with E-state index in [1.54, 1.807) is 25.2 Å². The second-order valence-corrected chi connectivity index (χ2v) is 2.57. The molecule has 0 spiro atoms. The number of carbonyl (C=O) groups is 1. The number of ketones is 1. The number of hydrogen-bond donors (Lipinski definition) is 0. The van der Waals surface area contributed by atoms with Crippen LogP contribution in [-0.2, 0) is 4.79 Å². The largest absolute Gasteiger partial charge is 0.300 e. The second-order valence-electron chi connectivity index (χ2n) is 2.57. The fraction of sp³-hybridized carbons (Fsp3) is 0.615. The third-order valence-electron chi connectivity index (χ3n) is 1.18. The molecule has 1 nitrogen and oxygen atoms in total. The van der Waals surface area contributed by atoms with Gasteiger partial charge in [0.1, 0.15) is 5.78 Å². The number of rotatable bonds is 4. The van der Waals surface area contributed by atoms with Crippen LogP contribution in [0.3, 0.4) is 0 Å². The molecule has 0 saturated carbocycles. The summed E-state index contributed by atoms with van der Waals surface area (Å²) in [5, 5.41) is 0. The van der Waals surface area contributed by atoms with Crippen molar-refractivity contribution in [2.75, 3.05) is 0 Å². The van der Waals surface area contributed by atoms with Crippen LogP contribution in [0.4, 0.5) is 0 Å². The molecular weight excluding hydrogens is 172 g/mol. The first-order valence-electron chi connectivity index (χ1n) is 5.46. The molecule has 1 heteroatoms. The molecule has 0 aliphatic heterocycles. The van der Waals surface area contributed by atoms with Crippen molar-refractivity contribution >= 4 is 5.78 Å². The van der Waals surface area contributed by atoms with Crippen LogP contribution in [0.2, 0.25) is 0 Å². The standard InChI is InChI=1S/C7H10O.C4H10.C2H6/c1-3-4-5-6-7(2)8;1-3-4-2;1-2/h3-5H,1,6H2,2H3;3-4H2,1-2H3;1-2H3/b5-4-;;. The van der Waals surface area contributed by atoms with E-state index in [1.165, 1.54) is 12.8 Å². The predicted molar refractivity (Wildman–Crippen MR) is 66.6 cm³/mol. The number of unbranched alkanes of at least 4 members (excludes halogenated alkanes) is 1. The SMILES string of the molecule is C=C/C=C\CC(C)=O.CC.CCCC. The Hall–Kier alpha value is -0.850. The van der Waals surface area contributed by atoms with Gasteiger partial charge in [-0.2, -0.15) is 0 Å². The van der Waals surface area contributed by atoms with Crippen molar-refractivity contribution < 1.29 is 4.79 Å². The van der Waals surface area contributed by atoms with E-state index in [9.17, 15) is 4.79 Å². The Morgan fingerprint density at radius 2 is 1.64 bits per heavy atom. The molecule has 0 aromatic carbocycles.